The molecule has 1 aromatic carbocycles. The van der Waals surface area contributed by atoms with E-state index in [0.717, 1.165) is 23.6 Å². The van der Waals surface area contributed by atoms with Crippen molar-refractivity contribution in [1.29, 1.82) is 0 Å². The number of nitrogens with one attached hydrogen (secondary N) is 2. The maximum atomic E-state index is 5.77. The molecular formula is C13H16N2OS2. The third kappa shape index (κ3) is 3.65. The van der Waals surface area contributed by atoms with Crippen molar-refractivity contribution in [3.63, 3.8) is 0 Å². The van der Waals surface area contributed by atoms with Gasteiger partial charge in [0.2, 0.25) is 0 Å². The number of para-hydroxylation sites is 1. The van der Waals surface area contributed by atoms with Gasteiger partial charge in [-0.3, -0.25) is 0 Å². The minimum absolute atomic E-state index is 0.642. The van der Waals surface area contributed by atoms with Gasteiger partial charge in [-0.15, -0.1) is 11.8 Å². The van der Waals surface area contributed by atoms with E-state index >= 15 is 0 Å². The average Bonchev–Trinajstić information content (AvgIpc) is 2.81. The van der Waals surface area contributed by atoms with Gasteiger partial charge < -0.3 is 14.7 Å². The Labute approximate surface area is 116 Å². The lowest BCUT2D eigenvalue weighted by molar-refractivity contribution is 0.388. The highest BCUT2D eigenvalue weighted by molar-refractivity contribution is 7.98. The average molecular weight is 280 g/mol. The lowest BCUT2D eigenvalue weighted by Crippen LogP contribution is -1.96. The van der Waals surface area contributed by atoms with Crippen LogP contribution in [0.25, 0.3) is 0 Å². The number of rotatable bonds is 6. The van der Waals surface area contributed by atoms with E-state index in [2.05, 4.69) is 23.0 Å². The van der Waals surface area contributed by atoms with Crippen molar-refractivity contribution < 1.29 is 4.74 Å². The second-order valence-electron chi connectivity index (χ2n) is 3.84. The molecule has 0 saturated carbocycles. The minimum atomic E-state index is 0.642. The lowest BCUT2D eigenvalue weighted by atomic mass is 10.1. The number of H-pyrrole nitrogens is 2. The summed E-state index contributed by atoms with van der Waals surface area (Å²) in [5.41, 5.74) is 2.34. The Hall–Kier alpha value is -1.20. The summed E-state index contributed by atoms with van der Waals surface area (Å²) in [5.74, 6) is 2.49. The second-order valence-corrected chi connectivity index (χ2v) is 5.18. The first-order valence-corrected chi connectivity index (χ1v) is 7.41. The summed E-state index contributed by atoms with van der Waals surface area (Å²) in [7, 11) is 0. The molecule has 2 aromatic rings. The highest BCUT2D eigenvalue weighted by Crippen LogP contribution is 2.20. The smallest absolute Gasteiger partial charge is 0.174 e. The van der Waals surface area contributed by atoms with E-state index in [-0.39, 0.29) is 0 Å². The van der Waals surface area contributed by atoms with Crippen LogP contribution in [0.3, 0.4) is 0 Å². The lowest BCUT2D eigenvalue weighted by Gasteiger charge is -2.09. The maximum Gasteiger partial charge on any atom is 0.174 e. The van der Waals surface area contributed by atoms with Gasteiger partial charge in [-0.1, -0.05) is 25.1 Å². The van der Waals surface area contributed by atoms with Crippen LogP contribution in [0.5, 0.6) is 5.75 Å². The molecular weight excluding hydrogens is 264 g/mol. The van der Waals surface area contributed by atoms with E-state index in [1.165, 1.54) is 5.56 Å². The molecule has 0 aliphatic carbocycles. The molecule has 0 saturated heterocycles. The number of ether oxygens (including phenoxy) is 1. The predicted molar refractivity (Wildman–Crippen MR) is 78.6 cm³/mol. The molecule has 0 bridgehead atoms. The molecule has 18 heavy (non-hydrogen) atoms. The fraction of sp³-hybridized carbons (Fsp3) is 0.308. The fourth-order valence-electron chi connectivity index (χ4n) is 1.64. The largest absolute Gasteiger partial charge is 0.483 e. The summed E-state index contributed by atoms with van der Waals surface area (Å²) in [6, 6.07) is 8.16. The molecule has 2 rings (SSSR count). The zero-order valence-corrected chi connectivity index (χ0v) is 11.9. The van der Waals surface area contributed by atoms with E-state index in [4.69, 9.17) is 17.0 Å². The summed E-state index contributed by atoms with van der Waals surface area (Å²) in [6.45, 7) is 2.13. The normalized spacial score (nSPS) is 10.5. The van der Waals surface area contributed by atoms with Crippen molar-refractivity contribution in [2.24, 2.45) is 0 Å². The summed E-state index contributed by atoms with van der Waals surface area (Å²) >= 11 is 6.68. The quantitative estimate of drug-likeness (QED) is 0.479. The van der Waals surface area contributed by atoms with Gasteiger partial charge in [-0.25, -0.2) is 0 Å². The van der Waals surface area contributed by atoms with Crippen LogP contribution >= 0.6 is 24.0 Å². The Morgan fingerprint density at radius 3 is 2.89 bits per heavy atom. The highest BCUT2D eigenvalue weighted by Gasteiger charge is 2.01. The first kappa shape index (κ1) is 13.2. The number of benzene rings is 1. The van der Waals surface area contributed by atoms with E-state index in [0.29, 0.717) is 10.7 Å². The number of hydrogen-bond donors (Lipinski definition) is 2. The molecule has 1 aromatic heterocycles. The van der Waals surface area contributed by atoms with Crippen molar-refractivity contribution in [3.05, 3.63) is 46.5 Å². The molecule has 0 radical (unpaired) electrons. The molecule has 96 valence electrons. The van der Waals surface area contributed by atoms with Crippen molar-refractivity contribution in [2.75, 3.05) is 5.94 Å². The van der Waals surface area contributed by atoms with Crippen molar-refractivity contribution in [1.82, 2.24) is 9.97 Å². The van der Waals surface area contributed by atoms with Crippen LogP contribution in [0, 0.1) is 4.77 Å². The van der Waals surface area contributed by atoms with Gasteiger partial charge in [0.05, 0.1) is 0 Å². The van der Waals surface area contributed by atoms with E-state index in [1.54, 1.807) is 11.8 Å². The van der Waals surface area contributed by atoms with Crippen LogP contribution in [-0.4, -0.2) is 15.9 Å². The summed E-state index contributed by atoms with van der Waals surface area (Å²) in [5, 5.41) is 0. The monoisotopic (exact) mass is 280 g/mol. The molecule has 0 atom stereocenters. The SMILES string of the molecule is CCc1ccccc1OCSCc1c[nH]c(=S)[nH]1. The Bertz CT molecular complexity index is 548. The molecule has 1 heterocycles. The summed E-state index contributed by atoms with van der Waals surface area (Å²) in [6.07, 6.45) is 2.89. The summed E-state index contributed by atoms with van der Waals surface area (Å²) in [4.78, 5) is 6.03. The third-order valence-electron chi connectivity index (χ3n) is 2.56. The van der Waals surface area contributed by atoms with E-state index in [1.807, 2.05) is 24.4 Å². The van der Waals surface area contributed by atoms with Gasteiger partial charge in [0, 0.05) is 17.6 Å². The van der Waals surface area contributed by atoms with Gasteiger partial charge in [0.1, 0.15) is 11.7 Å². The van der Waals surface area contributed by atoms with E-state index < -0.39 is 0 Å². The van der Waals surface area contributed by atoms with Crippen LogP contribution in [-0.2, 0) is 12.2 Å². The molecule has 0 unspecified atom stereocenters. The van der Waals surface area contributed by atoms with Gasteiger partial charge in [0.25, 0.3) is 0 Å². The number of aromatic nitrogens is 2. The van der Waals surface area contributed by atoms with E-state index in [9.17, 15) is 0 Å². The Morgan fingerprint density at radius 2 is 2.17 bits per heavy atom. The first-order chi connectivity index (χ1) is 8.79. The molecule has 3 nitrogen and oxygen atoms in total. The number of aryl methyl sites for hydroxylation is 1. The Kier molecular flexibility index (Phi) is 4.90. The zero-order valence-electron chi connectivity index (χ0n) is 10.2. The van der Waals surface area contributed by atoms with Crippen molar-refractivity contribution >= 4 is 24.0 Å². The van der Waals surface area contributed by atoms with Crippen molar-refractivity contribution in [3.8, 4) is 5.75 Å². The third-order valence-corrected chi connectivity index (χ3v) is 3.58. The molecule has 5 heteroatoms. The molecule has 0 fully saturated rings. The van der Waals surface area contributed by atoms with Crippen LogP contribution in [0.4, 0.5) is 0 Å². The topological polar surface area (TPSA) is 40.8 Å². The maximum absolute atomic E-state index is 5.77. The number of imidazole rings is 1. The van der Waals surface area contributed by atoms with Crippen LogP contribution < -0.4 is 4.74 Å². The first-order valence-electron chi connectivity index (χ1n) is 5.84. The van der Waals surface area contributed by atoms with Gasteiger partial charge in [0.15, 0.2) is 4.77 Å². The molecule has 0 spiro atoms. The van der Waals surface area contributed by atoms with Crippen LogP contribution in [0.2, 0.25) is 0 Å². The molecule has 0 amide bonds. The molecule has 0 aliphatic rings. The van der Waals surface area contributed by atoms with Gasteiger partial charge in [-0.2, -0.15) is 0 Å². The second kappa shape index (κ2) is 6.66. The van der Waals surface area contributed by atoms with Gasteiger partial charge >= 0.3 is 0 Å². The summed E-state index contributed by atoms with van der Waals surface area (Å²) < 4.78 is 6.44. The number of hydrogen-bond acceptors (Lipinski definition) is 3. The Balaban J connectivity index is 1.80. The number of aromatic amines is 2. The Morgan fingerprint density at radius 1 is 1.33 bits per heavy atom. The minimum Gasteiger partial charge on any atom is -0.483 e. The standard InChI is InChI=1S/C13H16N2OS2/c1-2-10-5-3-4-6-12(10)16-9-18-8-11-7-14-13(17)15-11/h3-7H,2,8-9H2,1H3,(H2,14,15,17). The molecule has 0 aliphatic heterocycles. The molecule has 2 N–H and O–H groups in total. The van der Waals surface area contributed by atoms with Crippen LogP contribution in [0.1, 0.15) is 18.2 Å². The fourth-order valence-corrected chi connectivity index (χ4v) is 2.50. The number of thioether (sulfide) groups is 1. The van der Waals surface area contributed by atoms with Gasteiger partial charge in [-0.05, 0) is 30.3 Å². The predicted octanol–water partition coefficient (Wildman–Crippen LogP) is 3.90. The van der Waals surface area contributed by atoms with Crippen molar-refractivity contribution in [2.45, 2.75) is 19.1 Å². The van der Waals surface area contributed by atoms with Crippen LogP contribution in [0.15, 0.2) is 30.5 Å². The highest BCUT2D eigenvalue weighted by atomic mass is 32.2. The zero-order chi connectivity index (χ0) is 12.8.